The number of fused-ring (bicyclic) bond motifs is 1. The van der Waals surface area contributed by atoms with Gasteiger partial charge in [-0.05, 0) is 49.9 Å². The van der Waals surface area contributed by atoms with Gasteiger partial charge in [-0.15, -0.1) is 11.3 Å². The van der Waals surface area contributed by atoms with E-state index in [2.05, 4.69) is 5.32 Å². The van der Waals surface area contributed by atoms with Gasteiger partial charge in [-0.25, -0.2) is 13.4 Å². The monoisotopic (exact) mass is 336 g/mol. The molecule has 22 heavy (non-hydrogen) atoms. The molecule has 1 aromatic heterocycles. The van der Waals surface area contributed by atoms with Crippen molar-refractivity contribution in [3.8, 4) is 0 Å². The molecule has 1 N–H and O–H groups in total. The van der Waals surface area contributed by atoms with Gasteiger partial charge in [0.05, 0.1) is 15.6 Å². The summed E-state index contributed by atoms with van der Waals surface area (Å²) in [6.07, 6.45) is 7.01. The number of aryl methyl sites for hydroxylation is 2. The first-order chi connectivity index (χ1) is 10.5. The zero-order valence-corrected chi connectivity index (χ0v) is 14.3. The normalized spacial score (nSPS) is 14.6. The predicted octanol–water partition coefficient (Wildman–Crippen LogP) is 3.08. The standard InChI is InChI=1S/C16H20N2O2S2/c1-22(19,20)13-8-6-12(7-9-13)17-11-10-16-18-14-4-2-3-5-15(14)21-16/h6-9,17H,2-5,10-11H2,1H3. The second kappa shape index (κ2) is 6.38. The van der Waals surface area contributed by atoms with Crippen molar-refractivity contribution in [3.05, 3.63) is 39.8 Å². The first-order valence-corrected chi connectivity index (χ1v) is 10.2. The molecule has 0 radical (unpaired) electrons. The van der Waals surface area contributed by atoms with Gasteiger partial charge in [0.1, 0.15) is 0 Å². The van der Waals surface area contributed by atoms with Crippen LogP contribution in [-0.4, -0.2) is 26.2 Å². The molecule has 4 nitrogen and oxygen atoms in total. The number of rotatable bonds is 5. The minimum atomic E-state index is -3.12. The first-order valence-electron chi connectivity index (χ1n) is 7.54. The number of thiazole rings is 1. The lowest BCUT2D eigenvalue weighted by molar-refractivity contribution is 0.602. The van der Waals surface area contributed by atoms with Crippen LogP contribution in [0.3, 0.4) is 0 Å². The van der Waals surface area contributed by atoms with Crippen LogP contribution in [0.1, 0.15) is 28.4 Å². The number of anilines is 1. The molecular formula is C16H20N2O2S2. The van der Waals surface area contributed by atoms with Gasteiger partial charge in [0.2, 0.25) is 0 Å². The fourth-order valence-corrected chi connectivity index (χ4v) is 4.43. The smallest absolute Gasteiger partial charge is 0.175 e. The van der Waals surface area contributed by atoms with E-state index in [4.69, 9.17) is 4.98 Å². The molecule has 0 bridgehead atoms. The minimum absolute atomic E-state index is 0.352. The summed E-state index contributed by atoms with van der Waals surface area (Å²) in [5.41, 5.74) is 2.25. The van der Waals surface area contributed by atoms with E-state index in [0.717, 1.165) is 25.1 Å². The second-order valence-electron chi connectivity index (χ2n) is 5.66. The molecule has 6 heteroatoms. The van der Waals surface area contributed by atoms with Crippen molar-refractivity contribution < 1.29 is 8.42 Å². The lowest BCUT2D eigenvalue weighted by Crippen LogP contribution is -2.05. The van der Waals surface area contributed by atoms with Crippen molar-refractivity contribution in [1.29, 1.82) is 0 Å². The summed E-state index contributed by atoms with van der Waals surface area (Å²) in [4.78, 5) is 6.55. The molecule has 0 unspecified atom stereocenters. The van der Waals surface area contributed by atoms with E-state index < -0.39 is 9.84 Å². The summed E-state index contributed by atoms with van der Waals surface area (Å²) < 4.78 is 22.8. The molecule has 0 saturated carbocycles. The van der Waals surface area contributed by atoms with E-state index in [1.54, 1.807) is 12.1 Å². The molecule has 0 aliphatic heterocycles. The molecule has 1 heterocycles. The summed E-state index contributed by atoms with van der Waals surface area (Å²) in [6.45, 7) is 0.810. The number of sulfone groups is 1. The maximum Gasteiger partial charge on any atom is 0.175 e. The van der Waals surface area contributed by atoms with E-state index >= 15 is 0 Å². The molecule has 1 aliphatic carbocycles. The van der Waals surface area contributed by atoms with Gasteiger partial charge in [-0.1, -0.05) is 0 Å². The molecule has 1 aromatic carbocycles. The van der Waals surface area contributed by atoms with Crippen molar-refractivity contribution >= 4 is 26.9 Å². The lowest BCUT2D eigenvalue weighted by Gasteiger charge is -2.06. The van der Waals surface area contributed by atoms with Crippen molar-refractivity contribution in [2.75, 3.05) is 18.1 Å². The Morgan fingerprint density at radius 2 is 1.91 bits per heavy atom. The SMILES string of the molecule is CS(=O)(=O)c1ccc(NCCc2nc3c(s2)CCCC3)cc1. The highest BCUT2D eigenvalue weighted by Crippen LogP contribution is 2.26. The maximum absolute atomic E-state index is 11.4. The molecule has 1 aliphatic rings. The molecule has 0 fully saturated rings. The maximum atomic E-state index is 11.4. The number of benzene rings is 1. The zero-order chi connectivity index (χ0) is 15.6. The van der Waals surface area contributed by atoms with Gasteiger partial charge in [-0.3, -0.25) is 0 Å². The third-order valence-corrected chi connectivity index (χ3v) is 6.19. The Balaban J connectivity index is 1.55. The van der Waals surface area contributed by atoms with Gasteiger partial charge in [-0.2, -0.15) is 0 Å². The van der Waals surface area contributed by atoms with Crippen molar-refractivity contribution in [3.63, 3.8) is 0 Å². The van der Waals surface area contributed by atoms with Gasteiger partial charge in [0, 0.05) is 29.8 Å². The van der Waals surface area contributed by atoms with Crippen LogP contribution < -0.4 is 5.32 Å². The van der Waals surface area contributed by atoms with Crippen molar-refractivity contribution in [2.24, 2.45) is 0 Å². The molecule has 2 aromatic rings. The number of hydrogen-bond acceptors (Lipinski definition) is 5. The van der Waals surface area contributed by atoms with Crippen molar-refractivity contribution in [2.45, 2.75) is 37.0 Å². The quantitative estimate of drug-likeness (QED) is 0.911. The van der Waals surface area contributed by atoms with Crippen LogP contribution in [0.15, 0.2) is 29.2 Å². The topological polar surface area (TPSA) is 59.1 Å². The third-order valence-electron chi connectivity index (χ3n) is 3.84. The van der Waals surface area contributed by atoms with Gasteiger partial charge in [0.25, 0.3) is 0 Å². The van der Waals surface area contributed by atoms with E-state index in [1.807, 2.05) is 23.5 Å². The first kappa shape index (κ1) is 15.5. The number of aromatic nitrogens is 1. The van der Waals surface area contributed by atoms with Crippen LogP contribution >= 0.6 is 11.3 Å². The Kier molecular flexibility index (Phi) is 4.49. The number of nitrogens with zero attached hydrogens (tertiary/aromatic N) is 1. The molecule has 0 amide bonds. The number of hydrogen-bond donors (Lipinski definition) is 1. The Morgan fingerprint density at radius 1 is 1.18 bits per heavy atom. The van der Waals surface area contributed by atoms with Crippen LogP contribution in [0.5, 0.6) is 0 Å². The summed E-state index contributed by atoms with van der Waals surface area (Å²) >= 11 is 1.85. The largest absolute Gasteiger partial charge is 0.385 e. The molecular weight excluding hydrogens is 316 g/mol. The predicted molar refractivity (Wildman–Crippen MR) is 90.5 cm³/mol. The van der Waals surface area contributed by atoms with Gasteiger partial charge in [0.15, 0.2) is 9.84 Å². The molecule has 118 valence electrons. The Labute approximate surface area is 135 Å². The van der Waals surface area contributed by atoms with E-state index in [1.165, 1.54) is 41.1 Å². The van der Waals surface area contributed by atoms with E-state index in [0.29, 0.717) is 4.90 Å². The second-order valence-corrected chi connectivity index (χ2v) is 8.84. The van der Waals surface area contributed by atoms with E-state index in [-0.39, 0.29) is 0 Å². The Morgan fingerprint density at radius 3 is 2.59 bits per heavy atom. The highest BCUT2D eigenvalue weighted by Gasteiger charge is 2.14. The lowest BCUT2D eigenvalue weighted by atomic mass is 10.0. The zero-order valence-electron chi connectivity index (χ0n) is 12.6. The fourth-order valence-electron chi connectivity index (χ4n) is 2.65. The molecule has 0 spiro atoms. The van der Waals surface area contributed by atoms with Crippen molar-refractivity contribution in [1.82, 2.24) is 4.98 Å². The highest BCUT2D eigenvalue weighted by atomic mass is 32.2. The molecule has 0 saturated heterocycles. The summed E-state index contributed by atoms with van der Waals surface area (Å²) in [6, 6.07) is 6.89. The van der Waals surface area contributed by atoms with Crippen LogP contribution in [-0.2, 0) is 29.1 Å². The van der Waals surface area contributed by atoms with Crippen LogP contribution in [0.4, 0.5) is 5.69 Å². The summed E-state index contributed by atoms with van der Waals surface area (Å²) in [5, 5.41) is 4.53. The third kappa shape index (κ3) is 3.67. The molecule has 0 atom stereocenters. The minimum Gasteiger partial charge on any atom is -0.385 e. The highest BCUT2D eigenvalue weighted by molar-refractivity contribution is 7.90. The Bertz CT molecular complexity index is 725. The molecule has 3 rings (SSSR count). The summed E-state index contributed by atoms with van der Waals surface area (Å²) in [5.74, 6) is 0. The van der Waals surface area contributed by atoms with Crippen LogP contribution in [0, 0.1) is 0 Å². The van der Waals surface area contributed by atoms with E-state index in [9.17, 15) is 8.42 Å². The fraction of sp³-hybridized carbons (Fsp3) is 0.438. The van der Waals surface area contributed by atoms with Gasteiger partial charge >= 0.3 is 0 Å². The van der Waals surface area contributed by atoms with Crippen LogP contribution in [0.2, 0.25) is 0 Å². The van der Waals surface area contributed by atoms with Gasteiger partial charge < -0.3 is 5.32 Å². The average Bonchev–Trinajstić information content (AvgIpc) is 2.89. The van der Waals surface area contributed by atoms with Crippen LogP contribution in [0.25, 0.3) is 0 Å². The number of nitrogens with one attached hydrogen (secondary N) is 1. The Hall–Kier alpha value is -1.40. The summed E-state index contributed by atoms with van der Waals surface area (Å²) in [7, 11) is -3.12. The average molecular weight is 336 g/mol.